The van der Waals surface area contributed by atoms with E-state index in [1.165, 1.54) is 39.0 Å². The second-order valence-electron chi connectivity index (χ2n) is 4.44. The van der Waals surface area contributed by atoms with Crippen molar-refractivity contribution in [3.05, 3.63) is 0 Å². The van der Waals surface area contributed by atoms with Gasteiger partial charge < -0.3 is 10.2 Å². The molecule has 1 heterocycles. The Hall–Kier alpha value is -0.0800. The quantitative estimate of drug-likeness (QED) is 0.774. The van der Waals surface area contributed by atoms with Crippen molar-refractivity contribution in [1.82, 2.24) is 10.2 Å². The Morgan fingerprint density at radius 1 is 1.20 bits per heavy atom. The smallest absolute Gasteiger partial charge is 0.00104 e. The van der Waals surface area contributed by atoms with Gasteiger partial charge in [0, 0.05) is 6.04 Å². The highest BCUT2D eigenvalue weighted by molar-refractivity contribution is 4.73. The van der Waals surface area contributed by atoms with Gasteiger partial charge in [0.05, 0.1) is 0 Å². The molecule has 0 aromatic carbocycles. The molecule has 0 aliphatic carbocycles. The Bertz CT molecular complexity index is 126. The Labute approximate surface area is 96.4 Å². The molecule has 1 aliphatic rings. The van der Waals surface area contributed by atoms with E-state index in [0.717, 1.165) is 5.92 Å². The predicted octanol–water partition coefficient (Wildman–Crippen LogP) is 2.74. The molecule has 1 aliphatic heterocycles. The van der Waals surface area contributed by atoms with Crippen LogP contribution < -0.4 is 5.32 Å². The minimum absolute atomic E-state index is 0.643. The summed E-state index contributed by atoms with van der Waals surface area (Å²) in [5, 5.41) is 3.53. The summed E-state index contributed by atoms with van der Waals surface area (Å²) in [6.07, 6.45) is 2.76. The third kappa shape index (κ3) is 6.91. The van der Waals surface area contributed by atoms with Gasteiger partial charge in [0.2, 0.25) is 0 Å². The lowest BCUT2D eigenvalue weighted by molar-refractivity contribution is 0.188. The van der Waals surface area contributed by atoms with Crippen LogP contribution in [0, 0.1) is 5.92 Å². The van der Waals surface area contributed by atoms with Crippen LogP contribution in [0.1, 0.15) is 47.5 Å². The number of likely N-dealkylation sites (tertiary alicyclic amines) is 1. The predicted molar refractivity (Wildman–Crippen MR) is 69.3 cm³/mol. The van der Waals surface area contributed by atoms with Crippen molar-refractivity contribution in [2.75, 3.05) is 26.2 Å². The Morgan fingerprint density at radius 3 is 2.13 bits per heavy atom. The average molecular weight is 214 g/mol. The zero-order chi connectivity index (χ0) is 11.7. The monoisotopic (exact) mass is 214 g/mol. The molecule has 1 rings (SSSR count). The molecule has 2 nitrogen and oxygen atoms in total. The molecule has 0 unspecified atom stereocenters. The number of nitrogens with one attached hydrogen (secondary N) is 1. The molecule has 15 heavy (non-hydrogen) atoms. The molecule has 0 spiro atoms. The summed E-state index contributed by atoms with van der Waals surface area (Å²) in [5.41, 5.74) is 0. The van der Waals surface area contributed by atoms with E-state index in [4.69, 9.17) is 0 Å². The van der Waals surface area contributed by atoms with Crippen molar-refractivity contribution in [1.29, 1.82) is 0 Å². The second kappa shape index (κ2) is 9.17. The average Bonchev–Trinajstić information content (AvgIpc) is 2.30. The van der Waals surface area contributed by atoms with E-state index >= 15 is 0 Å². The summed E-state index contributed by atoms with van der Waals surface area (Å²) in [4.78, 5) is 2.55. The first-order valence-corrected chi connectivity index (χ1v) is 6.68. The van der Waals surface area contributed by atoms with E-state index < -0.39 is 0 Å². The van der Waals surface area contributed by atoms with Crippen LogP contribution in [-0.4, -0.2) is 37.1 Å². The number of hydrogen-bond acceptors (Lipinski definition) is 2. The Morgan fingerprint density at radius 2 is 1.73 bits per heavy atom. The molecule has 0 saturated carbocycles. The minimum atomic E-state index is 0.643. The van der Waals surface area contributed by atoms with Crippen LogP contribution >= 0.6 is 0 Å². The van der Waals surface area contributed by atoms with Gasteiger partial charge in [-0.2, -0.15) is 0 Å². The van der Waals surface area contributed by atoms with E-state index in [2.05, 4.69) is 31.0 Å². The van der Waals surface area contributed by atoms with Crippen LogP contribution in [0.3, 0.4) is 0 Å². The summed E-state index contributed by atoms with van der Waals surface area (Å²) in [6, 6.07) is 0.643. The van der Waals surface area contributed by atoms with Crippen LogP contribution in [-0.2, 0) is 0 Å². The first-order valence-electron chi connectivity index (χ1n) is 6.68. The van der Waals surface area contributed by atoms with Gasteiger partial charge in [0.25, 0.3) is 0 Å². The number of nitrogens with zero attached hydrogens (tertiary/aromatic N) is 1. The zero-order valence-electron chi connectivity index (χ0n) is 11.3. The first kappa shape index (κ1) is 14.9. The summed E-state index contributed by atoms with van der Waals surface area (Å²) >= 11 is 0. The van der Waals surface area contributed by atoms with Gasteiger partial charge in [-0.15, -0.1) is 0 Å². The SMILES string of the molecule is CC.CCN1CCC(CNC(C)C)CC1. The molecular formula is C13H30N2. The maximum absolute atomic E-state index is 3.53. The van der Waals surface area contributed by atoms with Gasteiger partial charge in [0.1, 0.15) is 0 Å². The van der Waals surface area contributed by atoms with E-state index in [1.807, 2.05) is 13.8 Å². The third-order valence-electron chi connectivity index (χ3n) is 2.97. The van der Waals surface area contributed by atoms with Gasteiger partial charge in [-0.3, -0.25) is 0 Å². The minimum Gasteiger partial charge on any atom is -0.314 e. The molecule has 1 saturated heterocycles. The lowest BCUT2D eigenvalue weighted by atomic mass is 9.96. The van der Waals surface area contributed by atoms with Crippen molar-refractivity contribution < 1.29 is 0 Å². The molecule has 0 bridgehead atoms. The molecule has 1 N–H and O–H groups in total. The molecule has 92 valence electrons. The van der Waals surface area contributed by atoms with Gasteiger partial charge >= 0.3 is 0 Å². The molecule has 0 amide bonds. The molecule has 2 heteroatoms. The summed E-state index contributed by atoms with van der Waals surface area (Å²) in [6.45, 7) is 15.8. The normalized spacial score (nSPS) is 18.8. The fourth-order valence-electron chi connectivity index (χ4n) is 1.91. The highest BCUT2D eigenvalue weighted by Gasteiger charge is 2.17. The van der Waals surface area contributed by atoms with E-state index in [9.17, 15) is 0 Å². The summed E-state index contributed by atoms with van der Waals surface area (Å²) in [7, 11) is 0. The van der Waals surface area contributed by atoms with Crippen LogP contribution in [0.4, 0.5) is 0 Å². The molecule has 1 fully saturated rings. The van der Waals surface area contributed by atoms with Gasteiger partial charge in [-0.1, -0.05) is 34.6 Å². The van der Waals surface area contributed by atoms with Crippen molar-refractivity contribution in [2.24, 2.45) is 5.92 Å². The van der Waals surface area contributed by atoms with Crippen LogP contribution in [0.2, 0.25) is 0 Å². The van der Waals surface area contributed by atoms with Crippen LogP contribution in [0.5, 0.6) is 0 Å². The largest absolute Gasteiger partial charge is 0.314 e. The fourth-order valence-corrected chi connectivity index (χ4v) is 1.91. The number of rotatable bonds is 4. The van der Waals surface area contributed by atoms with Gasteiger partial charge in [-0.25, -0.2) is 0 Å². The second-order valence-corrected chi connectivity index (χ2v) is 4.44. The lowest BCUT2D eigenvalue weighted by Crippen LogP contribution is -2.38. The first-order chi connectivity index (χ1) is 7.22. The van der Waals surface area contributed by atoms with E-state index in [0.29, 0.717) is 6.04 Å². The van der Waals surface area contributed by atoms with E-state index in [1.54, 1.807) is 0 Å². The van der Waals surface area contributed by atoms with E-state index in [-0.39, 0.29) is 0 Å². The highest BCUT2D eigenvalue weighted by atomic mass is 15.1. The maximum Gasteiger partial charge on any atom is 0.00104 e. The molecule has 0 atom stereocenters. The standard InChI is InChI=1S/C11H24N2.C2H6/c1-4-13-7-5-11(6-8-13)9-12-10(2)3;1-2/h10-12H,4-9H2,1-3H3;1-2H3. The maximum atomic E-state index is 3.53. The fraction of sp³-hybridized carbons (Fsp3) is 1.00. The number of piperidine rings is 1. The topological polar surface area (TPSA) is 15.3 Å². The zero-order valence-corrected chi connectivity index (χ0v) is 11.3. The van der Waals surface area contributed by atoms with Crippen LogP contribution in [0.15, 0.2) is 0 Å². The Balaban J connectivity index is 0.000000921. The lowest BCUT2D eigenvalue weighted by Gasteiger charge is -2.31. The highest BCUT2D eigenvalue weighted by Crippen LogP contribution is 2.15. The summed E-state index contributed by atoms with van der Waals surface area (Å²) in [5.74, 6) is 0.921. The Kier molecular flexibility index (Phi) is 9.12. The van der Waals surface area contributed by atoms with Crippen molar-refractivity contribution in [3.63, 3.8) is 0 Å². The van der Waals surface area contributed by atoms with Gasteiger partial charge in [0.15, 0.2) is 0 Å². The molecule has 0 radical (unpaired) electrons. The summed E-state index contributed by atoms with van der Waals surface area (Å²) < 4.78 is 0. The van der Waals surface area contributed by atoms with Crippen molar-refractivity contribution in [2.45, 2.75) is 53.5 Å². The van der Waals surface area contributed by atoms with Crippen molar-refractivity contribution in [3.8, 4) is 0 Å². The van der Waals surface area contributed by atoms with Crippen molar-refractivity contribution >= 4 is 0 Å². The van der Waals surface area contributed by atoms with Crippen LogP contribution in [0.25, 0.3) is 0 Å². The van der Waals surface area contributed by atoms with Gasteiger partial charge in [-0.05, 0) is 44.9 Å². The molecule has 0 aromatic heterocycles. The third-order valence-corrected chi connectivity index (χ3v) is 2.97. The molecule has 0 aromatic rings. The molecular weight excluding hydrogens is 184 g/mol. The number of hydrogen-bond donors (Lipinski definition) is 1.